The number of rotatable bonds is 7. The third kappa shape index (κ3) is 6.58. The molecule has 3 nitrogen and oxygen atoms in total. The summed E-state index contributed by atoms with van der Waals surface area (Å²) in [6.45, 7) is 5.13. The Hall–Kier alpha value is -0.570. The summed E-state index contributed by atoms with van der Waals surface area (Å²) in [5.74, 6) is -0.713. The Balaban J connectivity index is 3.56. The van der Waals surface area contributed by atoms with E-state index in [0.717, 1.165) is 13.0 Å². The van der Waals surface area contributed by atoms with Gasteiger partial charge in [-0.15, -0.1) is 0 Å². The third-order valence-electron chi connectivity index (χ3n) is 2.34. The fourth-order valence-corrected chi connectivity index (χ4v) is 1.24. The van der Waals surface area contributed by atoms with Gasteiger partial charge in [-0.05, 0) is 26.9 Å². The number of carboxylic acid groups (broad SMARTS) is 1. The van der Waals surface area contributed by atoms with Crippen LogP contribution in [0.5, 0.6) is 0 Å². The van der Waals surface area contributed by atoms with Crippen molar-refractivity contribution in [2.24, 2.45) is 0 Å². The fraction of sp³-hybridized carbons (Fsp3) is 0.900. The van der Waals surface area contributed by atoms with Gasteiger partial charge in [-0.1, -0.05) is 19.8 Å². The molecular formula is C10H21NO2. The van der Waals surface area contributed by atoms with E-state index in [1.54, 1.807) is 0 Å². The van der Waals surface area contributed by atoms with E-state index in [4.69, 9.17) is 5.11 Å². The van der Waals surface area contributed by atoms with Crippen molar-refractivity contribution in [3.05, 3.63) is 0 Å². The lowest BCUT2D eigenvalue weighted by molar-refractivity contribution is -0.138. The standard InChI is InChI=1S/C10H21NO2/c1-4-5-6-7-11(3)9(2)8-10(12)13/h9H,4-8H2,1-3H3,(H,12,13). The molecule has 0 saturated carbocycles. The van der Waals surface area contributed by atoms with Gasteiger partial charge in [0.15, 0.2) is 0 Å². The van der Waals surface area contributed by atoms with Crippen molar-refractivity contribution in [3.63, 3.8) is 0 Å². The molecule has 78 valence electrons. The van der Waals surface area contributed by atoms with Crippen molar-refractivity contribution in [2.75, 3.05) is 13.6 Å². The summed E-state index contributed by atoms with van der Waals surface area (Å²) < 4.78 is 0. The van der Waals surface area contributed by atoms with Crippen molar-refractivity contribution < 1.29 is 9.90 Å². The number of unbranched alkanes of at least 4 members (excludes halogenated alkanes) is 2. The Morgan fingerprint density at radius 2 is 2.08 bits per heavy atom. The quantitative estimate of drug-likeness (QED) is 0.619. The maximum Gasteiger partial charge on any atom is 0.304 e. The van der Waals surface area contributed by atoms with Crippen LogP contribution in [-0.2, 0) is 4.79 Å². The molecule has 0 aliphatic heterocycles. The van der Waals surface area contributed by atoms with E-state index < -0.39 is 5.97 Å². The van der Waals surface area contributed by atoms with Crippen LogP contribution >= 0.6 is 0 Å². The second kappa shape index (κ2) is 6.89. The molecule has 3 heteroatoms. The van der Waals surface area contributed by atoms with E-state index in [2.05, 4.69) is 11.8 Å². The second-order valence-corrected chi connectivity index (χ2v) is 3.63. The van der Waals surface area contributed by atoms with Gasteiger partial charge in [0.2, 0.25) is 0 Å². The topological polar surface area (TPSA) is 40.5 Å². The zero-order chi connectivity index (χ0) is 10.3. The van der Waals surface area contributed by atoms with Crippen molar-refractivity contribution in [1.29, 1.82) is 0 Å². The molecule has 0 aromatic carbocycles. The average molecular weight is 187 g/mol. The summed E-state index contributed by atoms with van der Waals surface area (Å²) in [5.41, 5.74) is 0. The monoisotopic (exact) mass is 187 g/mol. The third-order valence-corrected chi connectivity index (χ3v) is 2.34. The van der Waals surface area contributed by atoms with Crippen LogP contribution in [-0.4, -0.2) is 35.6 Å². The van der Waals surface area contributed by atoms with E-state index in [-0.39, 0.29) is 12.5 Å². The van der Waals surface area contributed by atoms with Gasteiger partial charge in [0, 0.05) is 6.04 Å². The molecule has 0 saturated heterocycles. The first kappa shape index (κ1) is 12.4. The predicted molar refractivity (Wildman–Crippen MR) is 53.9 cm³/mol. The SMILES string of the molecule is CCCCCN(C)C(C)CC(=O)O. The second-order valence-electron chi connectivity index (χ2n) is 3.63. The van der Waals surface area contributed by atoms with Gasteiger partial charge in [-0.25, -0.2) is 0 Å². The minimum absolute atomic E-state index is 0.148. The van der Waals surface area contributed by atoms with E-state index in [9.17, 15) is 4.79 Å². The van der Waals surface area contributed by atoms with E-state index in [0.29, 0.717) is 0 Å². The fourth-order valence-electron chi connectivity index (χ4n) is 1.24. The van der Waals surface area contributed by atoms with Gasteiger partial charge in [0.05, 0.1) is 6.42 Å². The highest BCUT2D eigenvalue weighted by atomic mass is 16.4. The lowest BCUT2D eigenvalue weighted by Crippen LogP contribution is -2.31. The van der Waals surface area contributed by atoms with Crippen LogP contribution in [0.25, 0.3) is 0 Å². The number of hydrogen-bond donors (Lipinski definition) is 1. The smallest absolute Gasteiger partial charge is 0.304 e. The summed E-state index contributed by atoms with van der Waals surface area (Å²) in [7, 11) is 1.99. The summed E-state index contributed by atoms with van der Waals surface area (Å²) in [4.78, 5) is 12.5. The van der Waals surface area contributed by atoms with Gasteiger partial charge in [-0.3, -0.25) is 4.79 Å². The first-order chi connectivity index (χ1) is 6.07. The van der Waals surface area contributed by atoms with Crippen LogP contribution < -0.4 is 0 Å². The highest BCUT2D eigenvalue weighted by molar-refractivity contribution is 5.67. The number of hydrogen-bond acceptors (Lipinski definition) is 2. The number of carbonyl (C=O) groups is 1. The van der Waals surface area contributed by atoms with Crippen molar-refractivity contribution in [2.45, 2.75) is 45.6 Å². The molecular weight excluding hydrogens is 166 g/mol. The zero-order valence-electron chi connectivity index (χ0n) is 8.92. The minimum Gasteiger partial charge on any atom is -0.481 e. The molecule has 1 unspecified atom stereocenters. The molecule has 0 aromatic rings. The van der Waals surface area contributed by atoms with Crippen molar-refractivity contribution in [3.8, 4) is 0 Å². The van der Waals surface area contributed by atoms with E-state index in [1.165, 1.54) is 12.8 Å². The van der Waals surface area contributed by atoms with Gasteiger partial charge in [0.1, 0.15) is 0 Å². The van der Waals surface area contributed by atoms with Crippen LogP contribution in [0.2, 0.25) is 0 Å². The number of carboxylic acids is 1. The van der Waals surface area contributed by atoms with Crippen LogP contribution in [0, 0.1) is 0 Å². The summed E-state index contributed by atoms with van der Waals surface area (Å²) >= 11 is 0. The molecule has 0 rings (SSSR count). The Bertz CT molecular complexity index is 148. The molecule has 13 heavy (non-hydrogen) atoms. The predicted octanol–water partition coefficient (Wildman–Crippen LogP) is 1.97. The van der Waals surface area contributed by atoms with Crippen molar-refractivity contribution >= 4 is 5.97 Å². The molecule has 0 aliphatic carbocycles. The van der Waals surface area contributed by atoms with Crippen molar-refractivity contribution in [1.82, 2.24) is 4.90 Å². The zero-order valence-corrected chi connectivity index (χ0v) is 8.92. The normalized spacial score (nSPS) is 13.2. The maximum absolute atomic E-state index is 10.4. The first-order valence-corrected chi connectivity index (χ1v) is 5.00. The molecule has 0 bridgehead atoms. The summed E-state index contributed by atoms with van der Waals surface area (Å²) in [6.07, 6.45) is 3.84. The van der Waals surface area contributed by atoms with Crippen LogP contribution in [0.3, 0.4) is 0 Å². The van der Waals surface area contributed by atoms with E-state index >= 15 is 0 Å². The molecule has 0 amide bonds. The molecule has 0 aromatic heterocycles. The van der Waals surface area contributed by atoms with Crippen LogP contribution in [0.15, 0.2) is 0 Å². The largest absolute Gasteiger partial charge is 0.481 e. The Morgan fingerprint density at radius 3 is 2.54 bits per heavy atom. The van der Waals surface area contributed by atoms with Gasteiger partial charge >= 0.3 is 5.97 Å². The Morgan fingerprint density at radius 1 is 1.46 bits per heavy atom. The van der Waals surface area contributed by atoms with Gasteiger partial charge in [-0.2, -0.15) is 0 Å². The molecule has 0 spiro atoms. The Kier molecular flexibility index (Phi) is 6.59. The number of nitrogens with zero attached hydrogens (tertiary/aromatic N) is 1. The van der Waals surface area contributed by atoms with Gasteiger partial charge in [0.25, 0.3) is 0 Å². The average Bonchev–Trinajstić information content (AvgIpc) is 2.03. The maximum atomic E-state index is 10.4. The Labute approximate surface area is 80.7 Å². The molecule has 0 fully saturated rings. The van der Waals surface area contributed by atoms with E-state index in [1.807, 2.05) is 14.0 Å². The van der Waals surface area contributed by atoms with Crippen LogP contribution in [0.1, 0.15) is 39.5 Å². The summed E-state index contributed by atoms with van der Waals surface area (Å²) in [6, 6.07) is 0.148. The first-order valence-electron chi connectivity index (χ1n) is 5.00. The summed E-state index contributed by atoms with van der Waals surface area (Å²) in [5, 5.41) is 8.58. The molecule has 1 atom stereocenters. The van der Waals surface area contributed by atoms with Crippen LogP contribution in [0.4, 0.5) is 0 Å². The highest BCUT2D eigenvalue weighted by Gasteiger charge is 2.11. The highest BCUT2D eigenvalue weighted by Crippen LogP contribution is 2.03. The lowest BCUT2D eigenvalue weighted by Gasteiger charge is -2.22. The molecule has 0 aliphatic rings. The number of aliphatic carboxylic acids is 1. The molecule has 0 radical (unpaired) electrons. The molecule has 1 N–H and O–H groups in total. The lowest BCUT2D eigenvalue weighted by atomic mass is 10.2. The van der Waals surface area contributed by atoms with Gasteiger partial charge < -0.3 is 10.0 Å². The minimum atomic E-state index is -0.713. The molecule has 0 heterocycles.